The fourth-order valence-electron chi connectivity index (χ4n) is 4.18. The highest BCUT2D eigenvalue weighted by atomic mass is 19.1. The van der Waals surface area contributed by atoms with Crippen LogP contribution >= 0.6 is 0 Å². The molecule has 0 aliphatic carbocycles. The molecule has 1 atom stereocenters. The van der Waals surface area contributed by atoms with E-state index >= 15 is 0 Å². The zero-order valence-electron chi connectivity index (χ0n) is 17.6. The molecule has 1 aromatic heterocycles. The highest BCUT2D eigenvalue weighted by molar-refractivity contribution is 6.08. The molecular formula is C23H19FN4O5. The second-order valence-corrected chi connectivity index (χ2v) is 7.92. The molecule has 4 amide bonds. The maximum Gasteiger partial charge on any atom is 0.322 e. The van der Waals surface area contributed by atoms with Crippen LogP contribution in [0.5, 0.6) is 5.75 Å². The van der Waals surface area contributed by atoms with E-state index in [-0.39, 0.29) is 25.3 Å². The van der Waals surface area contributed by atoms with E-state index in [0.717, 1.165) is 0 Å². The number of hydrogen-bond donors (Lipinski definition) is 2. The van der Waals surface area contributed by atoms with Crippen LogP contribution in [0.25, 0.3) is 0 Å². The fourth-order valence-corrected chi connectivity index (χ4v) is 4.18. The van der Waals surface area contributed by atoms with E-state index < -0.39 is 29.2 Å². The van der Waals surface area contributed by atoms with Crippen molar-refractivity contribution >= 4 is 17.8 Å². The number of benzene rings is 2. The van der Waals surface area contributed by atoms with Crippen LogP contribution in [0, 0.1) is 12.7 Å². The minimum Gasteiger partial charge on any atom is -0.485 e. The Morgan fingerprint density at radius 3 is 2.76 bits per heavy atom. The van der Waals surface area contributed by atoms with E-state index in [4.69, 9.17) is 9.15 Å². The second kappa shape index (κ2) is 7.73. The summed E-state index contributed by atoms with van der Waals surface area (Å²) in [4.78, 5) is 43.7. The van der Waals surface area contributed by atoms with Gasteiger partial charge in [0.2, 0.25) is 0 Å². The van der Waals surface area contributed by atoms with Gasteiger partial charge in [0.25, 0.3) is 11.8 Å². The van der Waals surface area contributed by atoms with Crippen LogP contribution in [0.15, 0.2) is 53.3 Å². The van der Waals surface area contributed by atoms with Crippen molar-refractivity contribution in [3.05, 3.63) is 82.8 Å². The Morgan fingerprint density at radius 2 is 2.03 bits per heavy atom. The highest BCUT2D eigenvalue weighted by Crippen LogP contribution is 2.36. The Labute approximate surface area is 187 Å². The summed E-state index contributed by atoms with van der Waals surface area (Å²) in [6.07, 6.45) is 1.31. The van der Waals surface area contributed by atoms with Gasteiger partial charge in [0.1, 0.15) is 18.2 Å². The lowest BCUT2D eigenvalue weighted by Gasteiger charge is -2.32. The lowest BCUT2D eigenvalue weighted by Crippen LogP contribution is -2.52. The monoisotopic (exact) mass is 450 g/mol. The summed E-state index contributed by atoms with van der Waals surface area (Å²) in [5.74, 6) is -0.707. The number of para-hydroxylation sites is 1. The molecule has 0 spiro atoms. The number of halogens is 1. The van der Waals surface area contributed by atoms with Gasteiger partial charge in [-0.1, -0.05) is 24.3 Å². The topological polar surface area (TPSA) is 114 Å². The van der Waals surface area contributed by atoms with Gasteiger partial charge in [0.15, 0.2) is 17.7 Å². The summed E-state index contributed by atoms with van der Waals surface area (Å²) in [5, 5.41) is 4.94. The molecule has 33 heavy (non-hydrogen) atoms. The molecule has 2 N–H and O–H groups in total. The third kappa shape index (κ3) is 3.49. The van der Waals surface area contributed by atoms with Gasteiger partial charge < -0.3 is 19.4 Å². The summed E-state index contributed by atoms with van der Waals surface area (Å²) in [7, 11) is 0. The van der Waals surface area contributed by atoms with Gasteiger partial charge >= 0.3 is 6.03 Å². The molecule has 5 rings (SSSR count). The Hall–Kier alpha value is -4.21. The molecule has 0 saturated carbocycles. The number of aromatic nitrogens is 1. The number of carbonyl (C=O) groups is 3. The first-order valence-electron chi connectivity index (χ1n) is 10.2. The molecule has 0 bridgehead atoms. The molecule has 3 aromatic rings. The van der Waals surface area contributed by atoms with E-state index in [0.29, 0.717) is 28.3 Å². The van der Waals surface area contributed by atoms with Gasteiger partial charge in [-0.2, -0.15) is 0 Å². The van der Waals surface area contributed by atoms with E-state index in [9.17, 15) is 18.8 Å². The summed E-state index contributed by atoms with van der Waals surface area (Å²) in [6, 6.07) is 10.1. The molecule has 3 heterocycles. The molecule has 168 valence electrons. The molecule has 2 aliphatic heterocycles. The number of fused-ring (bicyclic) bond motifs is 1. The van der Waals surface area contributed by atoms with Crippen LogP contribution in [-0.4, -0.2) is 34.3 Å². The van der Waals surface area contributed by atoms with Gasteiger partial charge in [-0.3, -0.25) is 14.9 Å². The molecule has 10 heteroatoms. The summed E-state index contributed by atoms with van der Waals surface area (Å²) >= 11 is 0. The maximum atomic E-state index is 13.7. The third-order valence-electron chi connectivity index (χ3n) is 5.87. The second-order valence-electron chi connectivity index (χ2n) is 7.92. The smallest absolute Gasteiger partial charge is 0.322 e. The molecule has 1 fully saturated rings. The lowest BCUT2D eigenvalue weighted by molar-refractivity contribution is -0.124. The van der Waals surface area contributed by atoms with Gasteiger partial charge in [-0.25, -0.2) is 14.2 Å². The Bertz CT molecular complexity index is 1290. The van der Waals surface area contributed by atoms with Gasteiger partial charge in [-0.15, -0.1) is 0 Å². The van der Waals surface area contributed by atoms with E-state index in [1.165, 1.54) is 23.4 Å². The molecular weight excluding hydrogens is 431 g/mol. The van der Waals surface area contributed by atoms with Crippen molar-refractivity contribution in [1.82, 2.24) is 20.5 Å². The van der Waals surface area contributed by atoms with Crippen LogP contribution in [0.4, 0.5) is 9.18 Å². The molecule has 1 unspecified atom stereocenters. The van der Waals surface area contributed by atoms with Crippen LogP contribution in [0.3, 0.4) is 0 Å². The largest absolute Gasteiger partial charge is 0.485 e. The van der Waals surface area contributed by atoms with Crippen LogP contribution in [0.1, 0.15) is 32.9 Å². The minimum atomic E-state index is -1.60. The first-order valence-corrected chi connectivity index (χ1v) is 10.2. The lowest BCUT2D eigenvalue weighted by atomic mass is 9.88. The van der Waals surface area contributed by atoms with Crippen molar-refractivity contribution in [2.45, 2.75) is 25.6 Å². The van der Waals surface area contributed by atoms with E-state index in [1.54, 1.807) is 37.3 Å². The van der Waals surface area contributed by atoms with Crippen molar-refractivity contribution in [2.75, 3.05) is 6.54 Å². The van der Waals surface area contributed by atoms with Crippen LogP contribution in [0.2, 0.25) is 0 Å². The number of hydrogen-bond acceptors (Lipinski definition) is 6. The summed E-state index contributed by atoms with van der Waals surface area (Å²) in [6.45, 7) is 1.85. The molecule has 0 radical (unpaired) electrons. The maximum absolute atomic E-state index is 13.7. The number of oxazole rings is 1. The van der Waals surface area contributed by atoms with Crippen LogP contribution < -0.4 is 15.4 Å². The fraction of sp³-hybridized carbons (Fsp3) is 0.217. The molecule has 9 nitrogen and oxygen atoms in total. The van der Waals surface area contributed by atoms with E-state index in [1.807, 2.05) is 0 Å². The Kier molecular flexibility index (Phi) is 4.85. The standard InChI is InChI=1S/C23H19FN4O5/c1-13-19(33-12-25-13)10-32-18-5-3-2-4-17(18)23(21(30)26-22(31)27-23)11-28-9-14-6-7-15(24)8-16(14)20(28)29/h2-8,12H,9-11H2,1H3,(H2,26,27,30,31). The SMILES string of the molecule is Cc1ncoc1COc1ccccc1C1(CN2Cc3ccc(F)cc3C2=O)NC(=O)NC1=O. The first kappa shape index (κ1) is 20.7. The summed E-state index contributed by atoms with van der Waals surface area (Å²) < 4.78 is 24.9. The number of aryl methyl sites for hydroxylation is 1. The van der Waals surface area contributed by atoms with Crippen molar-refractivity contribution in [3.63, 3.8) is 0 Å². The third-order valence-corrected chi connectivity index (χ3v) is 5.87. The van der Waals surface area contributed by atoms with Crippen LogP contribution in [-0.2, 0) is 23.5 Å². The first-order chi connectivity index (χ1) is 15.9. The van der Waals surface area contributed by atoms with E-state index in [2.05, 4.69) is 15.6 Å². The average Bonchev–Trinajstić information content (AvgIpc) is 3.43. The Balaban J connectivity index is 1.50. The number of nitrogens with zero attached hydrogens (tertiary/aromatic N) is 2. The number of amides is 4. The number of nitrogens with one attached hydrogen (secondary N) is 2. The predicted octanol–water partition coefficient (Wildman–Crippen LogP) is 2.39. The molecule has 2 aliphatic rings. The van der Waals surface area contributed by atoms with Gasteiger partial charge in [0, 0.05) is 17.7 Å². The van der Waals surface area contributed by atoms with Crippen molar-refractivity contribution in [2.24, 2.45) is 0 Å². The Morgan fingerprint density at radius 1 is 1.21 bits per heavy atom. The number of urea groups is 1. The zero-order chi connectivity index (χ0) is 23.2. The summed E-state index contributed by atoms with van der Waals surface area (Å²) in [5.41, 5.74) is 0.328. The molecule has 1 saturated heterocycles. The van der Waals surface area contributed by atoms with Gasteiger partial charge in [-0.05, 0) is 30.7 Å². The predicted molar refractivity (Wildman–Crippen MR) is 112 cm³/mol. The van der Waals surface area contributed by atoms with Gasteiger partial charge in [0.05, 0.1) is 12.2 Å². The zero-order valence-corrected chi connectivity index (χ0v) is 17.6. The number of carbonyl (C=O) groups excluding carboxylic acids is 3. The molecule has 2 aromatic carbocycles. The average molecular weight is 450 g/mol. The number of ether oxygens (including phenoxy) is 1. The van der Waals surface area contributed by atoms with Crippen molar-refractivity contribution < 1.29 is 27.9 Å². The normalized spacial score (nSPS) is 19.5. The number of rotatable bonds is 6. The number of imide groups is 1. The minimum absolute atomic E-state index is 0.0574. The van der Waals surface area contributed by atoms with Crippen molar-refractivity contribution in [3.8, 4) is 5.75 Å². The quantitative estimate of drug-likeness (QED) is 0.558. The van der Waals surface area contributed by atoms with Crippen molar-refractivity contribution in [1.29, 1.82) is 0 Å². The highest BCUT2D eigenvalue weighted by Gasteiger charge is 2.52.